The number of carboxylic acid groups (broad SMARTS) is 1. The standard InChI is InChI=1S/C13H15N3O2S2/c1-4-19-9-6-5-7-10(11(9)12(17)18)20-13-15-14-8(2)16(13)3/h5-7H,4H2,1-3H3,(H,17,18). The van der Waals surface area contributed by atoms with Gasteiger partial charge in [0.25, 0.3) is 0 Å². The summed E-state index contributed by atoms with van der Waals surface area (Å²) in [6.45, 7) is 3.86. The van der Waals surface area contributed by atoms with Crippen LogP contribution < -0.4 is 0 Å². The number of nitrogens with zero attached hydrogens (tertiary/aromatic N) is 3. The lowest BCUT2D eigenvalue weighted by Crippen LogP contribution is -2.02. The fraction of sp³-hybridized carbons (Fsp3) is 0.308. The summed E-state index contributed by atoms with van der Waals surface area (Å²) < 4.78 is 1.84. The van der Waals surface area contributed by atoms with E-state index in [4.69, 9.17) is 0 Å². The smallest absolute Gasteiger partial charge is 0.337 e. The van der Waals surface area contributed by atoms with Gasteiger partial charge in [-0.3, -0.25) is 0 Å². The summed E-state index contributed by atoms with van der Waals surface area (Å²) in [6.07, 6.45) is 0. The highest BCUT2D eigenvalue weighted by atomic mass is 32.2. The molecule has 0 unspecified atom stereocenters. The molecule has 0 atom stereocenters. The lowest BCUT2D eigenvalue weighted by Gasteiger charge is -2.09. The van der Waals surface area contributed by atoms with E-state index in [1.807, 2.05) is 37.6 Å². The van der Waals surface area contributed by atoms with Crippen LogP contribution in [0.5, 0.6) is 0 Å². The number of aromatic nitrogens is 3. The molecule has 0 amide bonds. The van der Waals surface area contributed by atoms with Crippen LogP contribution in [-0.4, -0.2) is 31.6 Å². The van der Waals surface area contributed by atoms with Crippen molar-refractivity contribution in [2.45, 2.75) is 28.8 Å². The predicted octanol–water partition coefficient (Wildman–Crippen LogP) is 3.08. The Bertz CT molecular complexity index is 641. The number of aryl methyl sites for hydroxylation is 1. The van der Waals surface area contributed by atoms with E-state index >= 15 is 0 Å². The van der Waals surface area contributed by atoms with Crippen LogP contribution in [0.15, 0.2) is 33.1 Å². The Labute approximate surface area is 125 Å². The van der Waals surface area contributed by atoms with E-state index in [1.165, 1.54) is 23.5 Å². The van der Waals surface area contributed by atoms with Gasteiger partial charge in [0.05, 0.1) is 5.56 Å². The first kappa shape index (κ1) is 14.9. The normalized spacial score (nSPS) is 10.8. The molecular formula is C13H15N3O2S2. The molecule has 5 nitrogen and oxygen atoms in total. The minimum absolute atomic E-state index is 0.338. The van der Waals surface area contributed by atoms with Gasteiger partial charge in [0, 0.05) is 16.8 Å². The van der Waals surface area contributed by atoms with Crippen molar-refractivity contribution >= 4 is 29.5 Å². The van der Waals surface area contributed by atoms with Gasteiger partial charge in [-0.15, -0.1) is 22.0 Å². The molecule has 0 aliphatic heterocycles. The highest BCUT2D eigenvalue weighted by Gasteiger charge is 2.18. The van der Waals surface area contributed by atoms with Crippen LogP contribution in [0.4, 0.5) is 0 Å². The number of carboxylic acids is 1. The Hall–Kier alpha value is -1.47. The minimum atomic E-state index is -0.914. The van der Waals surface area contributed by atoms with Gasteiger partial charge in [-0.2, -0.15) is 0 Å². The molecular weight excluding hydrogens is 294 g/mol. The third-order valence-electron chi connectivity index (χ3n) is 2.76. The molecule has 0 saturated carbocycles. The number of benzene rings is 1. The van der Waals surface area contributed by atoms with Crippen LogP contribution in [-0.2, 0) is 7.05 Å². The molecule has 0 saturated heterocycles. The fourth-order valence-corrected chi connectivity index (χ4v) is 3.54. The number of rotatable bonds is 5. The highest BCUT2D eigenvalue weighted by molar-refractivity contribution is 8.00. The van der Waals surface area contributed by atoms with Gasteiger partial charge in [0.2, 0.25) is 0 Å². The molecule has 7 heteroatoms. The summed E-state index contributed by atoms with van der Waals surface area (Å²) in [7, 11) is 1.86. The van der Waals surface area contributed by atoms with E-state index in [0.717, 1.165) is 16.5 Å². The maximum Gasteiger partial charge on any atom is 0.337 e. The third-order valence-corrected chi connectivity index (χ3v) is 4.79. The molecule has 2 aromatic rings. The van der Waals surface area contributed by atoms with E-state index in [-0.39, 0.29) is 0 Å². The summed E-state index contributed by atoms with van der Waals surface area (Å²) in [5, 5.41) is 18.2. The first-order valence-corrected chi connectivity index (χ1v) is 7.87. The molecule has 0 aliphatic rings. The fourth-order valence-electron chi connectivity index (χ4n) is 1.66. The summed E-state index contributed by atoms with van der Waals surface area (Å²) in [5.74, 6) is 0.712. The summed E-state index contributed by atoms with van der Waals surface area (Å²) >= 11 is 2.85. The molecule has 106 valence electrons. The first-order valence-electron chi connectivity index (χ1n) is 6.07. The molecule has 1 N–H and O–H groups in total. The Morgan fingerprint density at radius 1 is 1.35 bits per heavy atom. The Morgan fingerprint density at radius 2 is 2.05 bits per heavy atom. The van der Waals surface area contributed by atoms with Crippen LogP contribution in [0.25, 0.3) is 0 Å². The number of hydrogen-bond acceptors (Lipinski definition) is 5. The molecule has 20 heavy (non-hydrogen) atoms. The summed E-state index contributed by atoms with van der Waals surface area (Å²) in [6, 6.07) is 5.51. The van der Waals surface area contributed by atoms with Gasteiger partial charge in [-0.1, -0.05) is 13.0 Å². The lowest BCUT2D eigenvalue weighted by molar-refractivity contribution is 0.0689. The SMILES string of the molecule is CCSc1cccc(Sc2nnc(C)n2C)c1C(=O)O. The van der Waals surface area contributed by atoms with E-state index in [9.17, 15) is 9.90 Å². The van der Waals surface area contributed by atoms with Gasteiger partial charge in [0.1, 0.15) is 5.82 Å². The highest BCUT2D eigenvalue weighted by Crippen LogP contribution is 2.34. The Balaban J connectivity index is 2.43. The van der Waals surface area contributed by atoms with E-state index in [1.54, 1.807) is 6.07 Å². The third kappa shape index (κ3) is 2.99. The maximum absolute atomic E-state index is 11.5. The molecule has 0 fully saturated rings. The molecule has 2 rings (SSSR count). The van der Waals surface area contributed by atoms with Crippen molar-refractivity contribution in [1.82, 2.24) is 14.8 Å². The molecule has 1 aromatic heterocycles. The Morgan fingerprint density at radius 3 is 2.60 bits per heavy atom. The van der Waals surface area contributed by atoms with Crippen LogP contribution in [0, 0.1) is 6.92 Å². The van der Waals surface area contributed by atoms with Gasteiger partial charge in [-0.05, 0) is 36.6 Å². The van der Waals surface area contributed by atoms with Crippen LogP contribution in [0.3, 0.4) is 0 Å². The van der Waals surface area contributed by atoms with E-state index < -0.39 is 5.97 Å². The summed E-state index contributed by atoms with van der Waals surface area (Å²) in [5.41, 5.74) is 0.338. The van der Waals surface area contributed by atoms with E-state index in [0.29, 0.717) is 15.6 Å². The van der Waals surface area contributed by atoms with Gasteiger partial charge in [-0.25, -0.2) is 4.79 Å². The average Bonchev–Trinajstić information content (AvgIpc) is 2.71. The average molecular weight is 309 g/mol. The largest absolute Gasteiger partial charge is 0.478 e. The van der Waals surface area contributed by atoms with Gasteiger partial charge in [0.15, 0.2) is 5.16 Å². The lowest BCUT2D eigenvalue weighted by atomic mass is 10.2. The molecule has 0 aliphatic carbocycles. The number of hydrogen-bond donors (Lipinski definition) is 1. The maximum atomic E-state index is 11.5. The van der Waals surface area contributed by atoms with Crippen LogP contribution in [0.2, 0.25) is 0 Å². The van der Waals surface area contributed by atoms with Gasteiger partial charge >= 0.3 is 5.97 Å². The van der Waals surface area contributed by atoms with Crippen molar-refractivity contribution in [2.24, 2.45) is 7.05 Å². The zero-order valence-electron chi connectivity index (χ0n) is 11.5. The second-order valence-electron chi connectivity index (χ2n) is 4.06. The van der Waals surface area contributed by atoms with Crippen LogP contribution >= 0.6 is 23.5 Å². The topological polar surface area (TPSA) is 68.0 Å². The quantitative estimate of drug-likeness (QED) is 0.856. The van der Waals surface area contributed by atoms with Crippen molar-refractivity contribution in [3.63, 3.8) is 0 Å². The molecule has 1 aromatic carbocycles. The molecule has 1 heterocycles. The first-order chi connectivity index (χ1) is 9.54. The van der Waals surface area contributed by atoms with Gasteiger partial charge < -0.3 is 9.67 Å². The van der Waals surface area contributed by atoms with Crippen LogP contribution in [0.1, 0.15) is 23.1 Å². The molecule has 0 spiro atoms. The number of aromatic carboxylic acids is 1. The van der Waals surface area contributed by atoms with Crippen molar-refractivity contribution < 1.29 is 9.90 Å². The molecule has 0 bridgehead atoms. The van der Waals surface area contributed by atoms with Crippen molar-refractivity contribution in [3.05, 3.63) is 29.6 Å². The zero-order valence-corrected chi connectivity index (χ0v) is 13.1. The second kappa shape index (κ2) is 6.32. The number of carbonyl (C=O) groups is 1. The predicted molar refractivity (Wildman–Crippen MR) is 79.7 cm³/mol. The number of thioether (sulfide) groups is 1. The van der Waals surface area contributed by atoms with Crippen molar-refractivity contribution in [3.8, 4) is 0 Å². The summed E-state index contributed by atoms with van der Waals surface area (Å²) in [4.78, 5) is 13.0. The minimum Gasteiger partial charge on any atom is -0.478 e. The van der Waals surface area contributed by atoms with Crippen molar-refractivity contribution in [1.29, 1.82) is 0 Å². The van der Waals surface area contributed by atoms with Crippen molar-refractivity contribution in [2.75, 3.05) is 5.75 Å². The second-order valence-corrected chi connectivity index (χ2v) is 6.37. The monoisotopic (exact) mass is 309 g/mol. The zero-order chi connectivity index (χ0) is 14.7. The van der Waals surface area contributed by atoms with E-state index in [2.05, 4.69) is 10.2 Å². The molecule has 0 radical (unpaired) electrons. The Kier molecular flexibility index (Phi) is 4.72.